The Balaban J connectivity index is 1.90. The summed E-state index contributed by atoms with van der Waals surface area (Å²) >= 11 is 3.13. The van der Waals surface area contributed by atoms with Gasteiger partial charge in [0.2, 0.25) is 0 Å². The molecule has 1 aromatic rings. The second kappa shape index (κ2) is 5.05. The highest BCUT2D eigenvalue weighted by Crippen LogP contribution is 2.16. The van der Waals surface area contributed by atoms with Gasteiger partial charge >= 0.3 is 0 Å². The van der Waals surface area contributed by atoms with Crippen molar-refractivity contribution in [3.63, 3.8) is 0 Å². The summed E-state index contributed by atoms with van der Waals surface area (Å²) in [6.07, 6.45) is 1.04. The fourth-order valence-corrected chi connectivity index (χ4v) is 1.85. The molecule has 82 valence electrons. The fourth-order valence-electron chi connectivity index (χ4n) is 1.61. The third-order valence-corrected chi connectivity index (χ3v) is 3.15. The Morgan fingerprint density at radius 1 is 1.53 bits per heavy atom. The van der Waals surface area contributed by atoms with Crippen LogP contribution in [0.5, 0.6) is 0 Å². The molecule has 0 amide bonds. The largest absolute Gasteiger partial charge is 0.380 e. The Labute approximate surface area is 96.9 Å². The van der Waals surface area contributed by atoms with Crippen LogP contribution in [0.25, 0.3) is 0 Å². The van der Waals surface area contributed by atoms with Crippen molar-refractivity contribution in [2.24, 2.45) is 0 Å². The zero-order valence-corrected chi connectivity index (χ0v) is 9.89. The van der Waals surface area contributed by atoms with Gasteiger partial charge in [-0.25, -0.2) is 4.39 Å². The summed E-state index contributed by atoms with van der Waals surface area (Å²) < 4.78 is 18.9. The molecule has 0 radical (unpaired) electrons. The number of benzene rings is 1. The second-order valence-electron chi connectivity index (χ2n) is 3.69. The maximum Gasteiger partial charge on any atom is 0.137 e. The Kier molecular flexibility index (Phi) is 3.72. The molecule has 1 fully saturated rings. The highest BCUT2D eigenvalue weighted by atomic mass is 79.9. The van der Waals surface area contributed by atoms with Crippen molar-refractivity contribution in [2.75, 3.05) is 13.2 Å². The van der Waals surface area contributed by atoms with Gasteiger partial charge in [-0.3, -0.25) is 0 Å². The monoisotopic (exact) mass is 273 g/mol. The smallest absolute Gasteiger partial charge is 0.137 e. The summed E-state index contributed by atoms with van der Waals surface area (Å²) in [6.45, 7) is 2.28. The number of ether oxygens (including phenoxy) is 1. The van der Waals surface area contributed by atoms with E-state index in [1.54, 1.807) is 12.1 Å². The highest BCUT2D eigenvalue weighted by molar-refractivity contribution is 9.10. The topological polar surface area (TPSA) is 21.3 Å². The Hall–Kier alpha value is -0.450. The van der Waals surface area contributed by atoms with Gasteiger partial charge in [0.1, 0.15) is 5.82 Å². The van der Waals surface area contributed by atoms with E-state index in [2.05, 4.69) is 21.2 Å². The standard InChI is InChI=1S/C11H13BrFNO/c12-10-2-1-8(5-11(10)13)6-14-9-3-4-15-7-9/h1-2,5,9,14H,3-4,6-7H2. The van der Waals surface area contributed by atoms with Crippen LogP contribution < -0.4 is 5.32 Å². The molecule has 0 saturated carbocycles. The number of hydrogen-bond acceptors (Lipinski definition) is 2. The van der Waals surface area contributed by atoms with Gasteiger partial charge in [0.15, 0.2) is 0 Å². The summed E-state index contributed by atoms with van der Waals surface area (Å²) in [5.41, 5.74) is 0.961. The Morgan fingerprint density at radius 2 is 2.40 bits per heavy atom. The molecule has 2 nitrogen and oxygen atoms in total. The summed E-state index contributed by atoms with van der Waals surface area (Å²) in [5.74, 6) is -0.211. The van der Waals surface area contributed by atoms with Crippen molar-refractivity contribution in [1.29, 1.82) is 0 Å². The first-order valence-electron chi connectivity index (χ1n) is 5.01. The summed E-state index contributed by atoms with van der Waals surface area (Å²) in [7, 11) is 0. The zero-order valence-electron chi connectivity index (χ0n) is 8.30. The molecule has 15 heavy (non-hydrogen) atoms. The molecular formula is C11H13BrFNO. The lowest BCUT2D eigenvalue weighted by atomic mass is 10.2. The van der Waals surface area contributed by atoms with Crippen LogP contribution in [-0.2, 0) is 11.3 Å². The molecule has 0 spiro atoms. The van der Waals surface area contributed by atoms with Crippen molar-refractivity contribution in [3.05, 3.63) is 34.1 Å². The van der Waals surface area contributed by atoms with Gasteiger partial charge in [0.05, 0.1) is 11.1 Å². The highest BCUT2D eigenvalue weighted by Gasteiger charge is 2.14. The Morgan fingerprint density at radius 3 is 3.07 bits per heavy atom. The van der Waals surface area contributed by atoms with Crippen molar-refractivity contribution in [3.8, 4) is 0 Å². The van der Waals surface area contributed by atoms with E-state index < -0.39 is 0 Å². The van der Waals surface area contributed by atoms with Crippen molar-refractivity contribution in [1.82, 2.24) is 5.32 Å². The molecule has 1 aromatic carbocycles. The van der Waals surface area contributed by atoms with Crippen molar-refractivity contribution in [2.45, 2.75) is 19.0 Å². The van der Waals surface area contributed by atoms with E-state index in [9.17, 15) is 4.39 Å². The van der Waals surface area contributed by atoms with Crippen molar-refractivity contribution < 1.29 is 9.13 Å². The quantitative estimate of drug-likeness (QED) is 0.914. The number of rotatable bonds is 3. The predicted molar refractivity (Wildman–Crippen MR) is 60.2 cm³/mol. The van der Waals surface area contributed by atoms with Gasteiger partial charge in [-0.1, -0.05) is 6.07 Å². The summed E-state index contributed by atoms with van der Waals surface area (Å²) in [5, 5.41) is 3.34. The van der Waals surface area contributed by atoms with Crippen LogP contribution in [0.15, 0.2) is 22.7 Å². The lowest BCUT2D eigenvalue weighted by Crippen LogP contribution is -2.28. The minimum absolute atomic E-state index is 0.211. The number of hydrogen-bond donors (Lipinski definition) is 1. The van der Waals surface area contributed by atoms with Crippen molar-refractivity contribution >= 4 is 15.9 Å². The molecule has 1 aliphatic heterocycles. The van der Waals surface area contributed by atoms with E-state index in [-0.39, 0.29) is 5.82 Å². The third kappa shape index (κ3) is 3.00. The van der Waals surface area contributed by atoms with Crippen LogP contribution in [0, 0.1) is 5.82 Å². The van der Waals surface area contributed by atoms with Crippen LogP contribution in [0.2, 0.25) is 0 Å². The minimum Gasteiger partial charge on any atom is -0.380 e. The average molecular weight is 274 g/mol. The van der Waals surface area contributed by atoms with Gasteiger partial charge < -0.3 is 10.1 Å². The van der Waals surface area contributed by atoms with E-state index in [1.807, 2.05) is 6.07 Å². The molecule has 1 N–H and O–H groups in total. The Bertz CT molecular complexity index is 339. The molecule has 1 unspecified atom stereocenters. The first kappa shape index (κ1) is 11.0. The molecule has 2 rings (SSSR count). The molecule has 1 atom stereocenters. The van der Waals surface area contributed by atoms with E-state index in [1.165, 1.54) is 0 Å². The SMILES string of the molecule is Fc1cc(CNC2CCOC2)ccc1Br. The van der Waals surface area contributed by atoms with E-state index in [0.29, 0.717) is 17.1 Å². The van der Waals surface area contributed by atoms with Gasteiger partial charge in [-0.05, 0) is 40.0 Å². The predicted octanol–water partition coefficient (Wildman–Crippen LogP) is 2.47. The normalized spacial score (nSPS) is 20.8. The molecule has 1 aliphatic rings. The molecule has 1 saturated heterocycles. The fraction of sp³-hybridized carbons (Fsp3) is 0.455. The summed E-state index contributed by atoms with van der Waals surface area (Å²) in [4.78, 5) is 0. The van der Waals surface area contributed by atoms with Crippen LogP contribution in [0.1, 0.15) is 12.0 Å². The van der Waals surface area contributed by atoms with Crippen LogP contribution >= 0.6 is 15.9 Å². The maximum atomic E-state index is 13.2. The molecule has 1 heterocycles. The first-order chi connectivity index (χ1) is 7.25. The van der Waals surface area contributed by atoms with Gasteiger partial charge in [-0.2, -0.15) is 0 Å². The summed E-state index contributed by atoms with van der Waals surface area (Å²) in [6, 6.07) is 5.61. The minimum atomic E-state index is -0.211. The van der Waals surface area contributed by atoms with E-state index in [0.717, 1.165) is 25.2 Å². The first-order valence-corrected chi connectivity index (χ1v) is 5.80. The van der Waals surface area contributed by atoms with Gasteiger partial charge in [0, 0.05) is 19.2 Å². The molecule has 0 aromatic heterocycles. The van der Waals surface area contributed by atoms with Gasteiger partial charge in [-0.15, -0.1) is 0 Å². The second-order valence-corrected chi connectivity index (χ2v) is 4.54. The van der Waals surface area contributed by atoms with E-state index in [4.69, 9.17) is 4.74 Å². The third-order valence-electron chi connectivity index (χ3n) is 2.51. The molecular weight excluding hydrogens is 261 g/mol. The molecule has 0 aliphatic carbocycles. The van der Waals surface area contributed by atoms with Crippen LogP contribution in [-0.4, -0.2) is 19.3 Å². The molecule has 0 bridgehead atoms. The maximum absolute atomic E-state index is 13.2. The average Bonchev–Trinajstić information content (AvgIpc) is 2.73. The molecule has 4 heteroatoms. The lowest BCUT2D eigenvalue weighted by molar-refractivity contribution is 0.190. The zero-order chi connectivity index (χ0) is 10.7. The van der Waals surface area contributed by atoms with Crippen LogP contribution in [0.3, 0.4) is 0 Å². The van der Waals surface area contributed by atoms with Crippen LogP contribution in [0.4, 0.5) is 4.39 Å². The number of halogens is 2. The number of nitrogens with one attached hydrogen (secondary N) is 1. The lowest BCUT2D eigenvalue weighted by Gasteiger charge is -2.10. The van der Waals surface area contributed by atoms with Gasteiger partial charge in [0.25, 0.3) is 0 Å². The van der Waals surface area contributed by atoms with E-state index >= 15 is 0 Å².